The number of benzene rings is 1. The highest BCUT2D eigenvalue weighted by Gasteiger charge is 2.19. The van der Waals surface area contributed by atoms with E-state index in [4.69, 9.17) is 60.6 Å². The van der Waals surface area contributed by atoms with E-state index in [0.29, 0.717) is 28.9 Å². The van der Waals surface area contributed by atoms with Gasteiger partial charge in [0, 0.05) is 11.4 Å². The average molecular weight is 479 g/mol. The molecule has 0 heterocycles. The van der Waals surface area contributed by atoms with Crippen molar-refractivity contribution in [2.45, 2.75) is 19.8 Å². The summed E-state index contributed by atoms with van der Waals surface area (Å²) in [7, 11) is 0. The maximum absolute atomic E-state index is 6.38. The zero-order chi connectivity index (χ0) is 17.9. The van der Waals surface area contributed by atoms with Crippen molar-refractivity contribution in [2.24, 2.45) is 0 Å². The van der Waals surface area contributed by atoms with Crippen molar-refractivity contribution in [3.05, 3.63) is 39.0 Å². The second-order valence-corrected chi connectivity index (χ2v) is 7.05. The highest BCUT2D eigenvalue weighted by molar-refractivity contribution is 9.09. The number of unbranched alkanes of at least 4 members (excludes halogenated alkanes) is 1. The molecule has 0 fully saturated rings. The molecule has 8 heteroatoms. The standard InChI is InChI=1S/C16H17BrCl4O3/c1-2-7-23-16-12(22-9-5-13(19)20)10-11(18)15(14(16)21)24-8-4-3-6-17/h2,5,7,10H,3-4,6,8-9H2,1H3/b7-2-. The third-order valence-corrected chi connectivity index (χ3v) is 4.16. The first kappa shape index (κ1) is 21.8. The fraction of sp³-hybridized carbons (Fsp3) is 0.375. The third-order valence-electron chi connectivity index (χ3n) is 2.67. The fourth-order valence-electron chi connectivity index (χ4n) is 1.61. The Bertz CT molecular complexity index is 587. The second-order valence-electron chi connectivity index (χ2n) is 4.47. The van der Waals surface area contributed by atoms with Gasteiger partial charge in [0.25, 0.3) is 0 Å². The summed E-state index contributed by atoms with van der Waals surface area (Å²) in [6.45, 7) is 2.46. The van der Waals surface area contributed by atoms with Crippen LogP contribution in [0.1, 0.15) is 19.8 Å². The normalized spacial score (nSPS) is 10.8. The maximum atomic E-state index is 6.38. The molecule has 3 nitrogen and oxygen atoms in total. The van der Waals surface area contributed by atoms with Gasteiger partial charge in [0.05, 0.1) is 17.9 Å². The van der Waals surface area contributed by atoms with Crippen LogP contribution in [0.2, 0.25) is 10.0 Å². The van der Waals surface area contributed by atoms with Gasteiger partial charge in [-0.3, -0.25) is 0 Å². The SMILES string of the molecule is C/C=C\Oc1c(OCC=C(Cl)Cl)cc(Cl)c(OCCCCBr)c1Cl. The maximum Gasteiger partial charge on any atom is 0.190 e. The lowest BCUT2D eigenvalue weighted by Gasteiger charge is -2.16. The van der Waals surface area contributed by atoms with Gasteiger partial charge in [-0.25, -0.2) is 0 Å². The lowest BCUT2D eigenvalue weighted by molar-refractivity contribution is 0.304. The number of rotatable bonds is 10. The Balaban J connectivity index is 3.04. The molecule has 0 unspecified atom stereocenters. The Hall–Kier alpha value is -0.260. The van der Waals surface area contributed by atoms with Crippen LogP contribution < -0.4 is 14.2 Å². The van der Waals surface area contributed by atoms with E-state index in [1.165, 1.54) is 12.3 Å². The van der Waals surface area contributed by atoms with Gasteiger partial charge in [-0.05, 0) is 25.8 Å². The van der Waals surface area contributed by atoms with Gasteiger partial charge in [-0.2, -0.15) is 0 Å². The topological polar surface area (TPSA) is 27.7 Å². The van der Waals surface area contributed by atoms with Crippen LogP contribution in [0.5, 0.6) is 17.2 Å². The van der Waals surface area contributed by atoms with E-state index in [9.17, 15) is 0 Å². The van der Waals surface area contributed by atoms with E-state index in [1.54, 1.807) is 12.1 Å². The quantitative estimate of drug-likeness (QED) is 0.203. The first-order valence-corrected chi connectivity index (χ1v) is 9.77. The predicted octanol–water partition coefficient (Wildman–Crippen LogP) is 7.16. The summed E-state index contributed by atoms with van der Waals surface area (Å²) < 4.78 is 16.9. The molecular weight excluding hydrogens is 462 g/mol. The molecule has 0 atom stereocenters. The zero-order valence-electron chi connectivity index (χ0n) is 13.0. The Morgan fingerprint density at radius 2 is 1.92 bits per heavy atom. The van der Waals surface area contributed by atoms with E-state index in [1.807, 2.05) is 6.92 Å². The van der Waals surface area contributed by atoms with E-state index in [0.717, 1.165) is 18.2 Å². The summed E-state index contributed by atoms with van der Waals surface area (Å²) in [5, 5.41) is 1.50. The van der Waals surface area contributed by atoms with Crippen molar-refractivity contribution in [2.75, 3.05) is 18.5 Å². The summed E-state index contributed by atoms with van der Waals surface area (Å²) >= 11 is 27.1. The van der Waals surface area contributed by atoms with E-state index in [2.05, 4.69) is 15.9 Å². The van der Waals surface area contributed by atoms with E-state index < -0.39 is 0 Å². The molecule has 1 aromatic rings. The molecule has 0 radical (unpaired) electrons. The molecule has 0 saturated heterocycles. The summed E-state index contributed by atoms with van der Waals surface area (Å²) in [5.74, 6) is 1.04. The summed E-state index contributed by atoms with van der Waals surface area (Å²) in [6.07, 6.45) is 6.57. The van der Waals surface area contributed by atoms with Crippen molar-refractivity contribution < 1.29 is 14.2 Å². The van der Waals surface area contributed by atoms with Crippen LogP contribution in [0.25, 0.3) is 0 Å². The van der Waals surface area contributed by atoms with E-state index >= 15 is 0 Å². The van der Waals surface area contributed by atoms with Gasteiger partial charge in [0.2, 0.25) is 0 Å². The van der Waals surface area contributed by atoms with Crippen LogP contribution in [0, 0.1) is 0 Å². The van der Waals surface area contributed by atoms with Crippen LogP contribution in [-0.2, 0) is 0 Å². The Kier molecular flexibility index (Phi) is 11.0. The molecule has 0 aromatic heterocycles. The summed E-state index contributed by atoms with van der Waals surface area (Å²) in [6, 6.07) is 1.59. The zero-order valence-corrected chi connectivity index (χ0v) is 17.6. The molecular formula is C16H17BrCl4O3. The smallest absolute Gasteiger partial charge is 0.190 e. The molecule has 134 valence electrons. The van der Waals surface area contributed by atoms with Gasteiger partial charge < -0.3 is 14.2 Å². The van der Waals surface area contributed by atoms with Crippen molar-refractivity contribution >= 4 is 62.3 Å². The molecule has 0 aliphatic rings. The minimum absolute atomic E-state index is 0.106. The van der Waals surface area contributed by atoms with Crippen molar-refractivity contribution in [1.82, 2.24) is 0 Å². The summed E-state index contributed by atoms with van der Waals surface area (Å²) in [4.78, 5) is 0. The van der Waals surface area contributed by atoms with Crippen LogP contribution in [0.4, 0.5) is 0 Å². The number of halogens is 5. The molecule has 1 rings (SSSR count). The fourth-order valence-corrected chi connectivity index (χ4v) is 2.73. The molecule has 1 aromatic carbocycles. The van der Waals surface area contributed by atoms with Gasteiger partial charge in [-0.15, -0.1) is 0 Å². The molecule has 0 aliphatic carbocycles. The van der Waals surface area contributed by atoms with Gasteiger partial charge in [-0.1, -0.05) is 68.4 Å². The number of allylic oxidation sites excluding steroid dienone is 1. The largest absolute Gasteiger partial charge is 0.490 e. The number of hydrogen-bond acceptors (Lipinski definition) is 3. The van der Waals surface area contributed by atoms with Crippen LogP contribution in [0.3, 0.4) is 0 Å². The van der Waals surface area contributed by atoms with Crippen LogP contribution >= 0.6 is 62.3 Å². The molecule has 0 bridgehead atoms. The van der Waals surface area contributed by atoms with Crippen molar-refractivity contribution in [3.63, 3.8) is 0 Å². The number of ether oxygens (including phenoxy) is 3. The van der Waals surface area contributed by atoms with Crippen LogP contribution in [0.15, 0.2) is 29.0 Å². The monoisotopic (exact) mass is 476 g/mol. The second kappa shape index (κ2) is 12.2. The minimum Gasteiger partial charge on any atom is -0.490 e. The first-order chi connectivity index (χ1) is 11.5. The van der Waals surface area contributed by atoms with E-state index in [-0.39, 0.29) is 16.1 Å². The molecule has 0 N–H and O–H groups in total. The van der Waals surface area contributed by atoms with Gasteiger partial charge in [0.1, 0.15) is 16.1 Å². The van der Waals surface area contributed by atoms with Gasteiger partial charge >= 0.3 is 0 Å². The number of hydrogen-bond donors (Lipinski definition) is 0. The average Bonchev–Trinajstić information content (AvgIpc) is 2.53. The molecule has 24 heavy (non-hydrogen) atoms. The summed E-state index contributed by atoms with van der Waals surface area (Å²) in [5.41, 5.74) is 0. The third kappa shape index (κ3) is 7.32. The molecule has 0 saturated carbocycles. The van der Waals surface area contributed by atoms with Crippen LogP contribution in [-0.4, -0.2) is 18.5 Å². The lowest BCUT2D eigenvalue weighted by atomic mass is 10.3. The molecule has 0 spiro atoms. The Morgan fingerprint density at radius 1 is 1.17 bits per heavy atom. The van der Waals surface area contributed by atoms with Crippen molar-refractivity contribution in [1.29, 1.82) is 0 Å². The Morgan fingerprint density at radius 3 is 2.54 bits per heavy atom. The van der Waals surface area contributed by atoms with Crippen molar-refractivity contribution in [3.8, 4) is 17.2 Å². The van der Waals surface area contributed by atoms with Gasteiger partial charge in [0.15, 0.2) is 17.2 Å². The molecule has 0 aliphatic heterocycles. The minimum atomic E-state index is 0.106. The highest BCUT2D eigenvalue weighted by atomic mass is 79.9. The predicted molar refractivity (Wildman–Crippen MR) is 106 cm³/mol. The molecule has 0 amide bonds. The lowest BCUT2D eigenvalue weighted by Crippen LogP contribution is -2.02. The highest BCUT2D eigenvalue weighted by Crippen LogP contribution is 2.46. The Labute approximate surface area is 170 Å². The number of alkyl halides is 1. The first-order valence-electron chi connectivity index (χ1n) is 7.13.